The van der Waals surface area contributed by atoms with Crippen LogP contribution in [0.4, 0.5) is 0 Å². The molecule has 4 aromatic carbocycles. The van der Waals surface area contributed by atoms with E-state index in [1.54, 1.807) is 12.2 Å². The molecule has 6 nitrogen and oxygen atoms in total. The Morgan fingerprint density at radius 1 is 0.521 bits per heavy atom. The van der Waals surface area contributed by atoms with Crippen molar-refractivity contribution in [1.29, 1.82) is 0 Å². The van der Waals surface area contributed by atoms with E-state index in [0.29, 0.717) is 24.0 Å². The van der Waals surface area contributed by atoms with Crippen LogP contribution in [0, 0.1) is 0 Å². The van der Waals surface area contributed by atoms with Crippen molar-refractivity contribution in [2.75, 3.05) is 0 Å². The van der Waals surface area contributed by atoms with Crippen molar-refractivity contribution in [2.45, 2.75) is 26.1 Å². The number of hydrogen-bond acceptors (Lipinski definition) is 4. The number of rotatable bonds is 12. The first-order valence-corrected chi connectivity index (χ1v) is 15.9. The Bertz CT molecular complexity index is 2090. The van der Waals surface area contributed by atoms with Crippen LogP contribution in [-0.2, 0) is 45.1 Å². The van der Waals surface area contributed by atoms with E-state index >= 15 is 9.59 Å². The van der Waals surface area contributed by atoms with E-state index in [-0.39, 0.29) is 35.9 Å². The Balaban J connectivity index is 1.49. The van der Waals surface area contributed by atoms with Gasteiger partial charge in [-0.25, -0.2) is 0 Å². The van der Waals surface area contributed by atoms with Crippen LogP contribution in [0.25, 0.3) is 33.0 Å². The second-order valence-corrected chi connectivity index (χ2v) is 11.6. The van der Waals surface area contributed by atoms with Crippen molar-refractivity contribution in [3.05, 3.63) is 180 Å². The van der Waals surface area contributed by atoms with Gasteiger partial charge in [0, 0.05) is 57.2 Å². The lowest BCUT2D eigenvalue weighted by Gasteiger charge is -2.25. The maximum absolute atomic E-state index is 15.2. The summed E-state index contributed by atoms with van der Waals surface area (Å²) in [6.45, 7) is 8.10. The number of fused-ring (bicyclic) bond motifs is 2. The summed E-state index contributed by atoms with van der Waals surface area (Å²) < 4.78 is 12.9. The molecule has 0 radical (unpaired) electrons. The molecular formula is C42H34N2O4. The minimum absolute atomic E-state index is 0.0178. The zero-order valence-electron chi connectivity index (χ0n) is 26.4. The number of aromatic amines is 2. The molecule has 0 atom stereocenters. The monoisotopic (exact) mass is 630 g/mol. The van der Waals surface area contributed by atoms with Crippen LogP contribution < -0.4 is 0 Å². The minimum Gasteiger partial charge on any atom is -0.484 e. The predicted octanol–water partition coefficient (Wildman–Crippen LogP) is 8.81. The van der Waals surface area contributed by atoms with Gasteiger partial charge in [-0.2, -0.15) is 0 Å². The summed E-state index contributed by atoms with van der Waals surface area (Å²) in [7, 11) is 0. The lowest BCUT2D eigenvalue weighted by atomic mass is 9.83. The molecule has 1 aliphatic rings. The highest BCUT2D eigenvalue weighted by Crippen LogP contribution is 2.43. The normalized spacial score (nSPS) is 13.4. The van der Waals surface area contributed by atoms with Gasteiger partial charge in [-0.1, -0.05) is 109 Å². The third-order valence-corrected chi connectivity index (χ3v) is 8.54. The smallest absolute Gasteiger partial charge is 0.232 e. The molecule has 2 N–H and O–H groups in total. The topological polar surface area (TPSA) is 84.2 Å². The maximum atomic E-state index is 15.2. The van der Waals surface area contributed by atoms with Crippen LogP contribution in [-0.4, -0.2) is 21.5 Å². The molecule has 6 heteroatoms. The molecule has 0 fully saturated rings. The number of carbonyl (C=O) groups excluding carboxylic acids is 2. The number of ketones is 2. The van der Waals surface area contributed by atoms with Gasteiger partial charge in [0.25, 0.3) is 0 Å². The molecular weight excluding hydrogens is 596 g/mol. The average Bonchev–Trinajstić information content (AvgIpc) is 3.66. The van der Waals surface area contributed by atoms with Crippen molar-refractivity contribution < 1.29 is 19.1 Å². The Morgan fingerprint density at radius 3 is 1.29 bits per heavy atom. The van der Waals surface area contributed by atoms with Crippen molar-refractivity contribution in [2.24, 2.45) is 0 Å². The summed E-state index contributed by atoms with van der Waals surface area (Å²) >= 11 is 0. The summed E-state index contributed by atoms with van der Waals surface area (Å²) in [6, 6.07) is 34.7. The van der Waals surface area contributed by atoms with Gasteiger partial charge in [0.1, 0.15) is 13.2 Å². The Kier molecular flexibility index (Phi) is 8.46. The molecule has 2 heterocycles. The minimum atomic E-state index is -0.423. The summed E-state index contributed by atoms with van der Waals surface area (Å²) in [5, 5.41) is 1.60. The zero-order valence-corrected chi connectivity index (χ0v) is 26.4. The molecule has 0 amide bonds. The standard InChI is InChI=1S/C42H34N2O4/c1-3-15-33-35(29-21-11-13-23-31(29)43-33)37-39(45)42(48-26-28-19-9-6-10-20-28)38(40(46)41(37)47-25-27-17-7-5-8-18-27)36-30-22-12-14-24-32(30)44-34(36)16-4-2/h3-14,17-24,43-44H,1-2,15-16,25-26H2. The predicted molar refractivity (Wildman–Crippen MR) is 191 cm³/mol. The van der Waals surface area contributed by atoms with Crippen LogP contribution in [0.3, 0.4) is 0 Å². The third-order valence-electron chi connectivity index (χ3n) is 8.54. The highest BCUT2D eigenvalue weighted by Gasteiger charge is 2.42. The first-order valence-electron chi connectivity index (χ1n) is 15.9. The number of ether oxygens (including phenoxy) is 2. The Hall–Kier alpha value is -6.14. The molecule has 0 saturated carbocycles. The zero-order chi connectivity index (χ0) is 33.0. The fourth-order valence-electron chi connectivity index (χ4n) is 6.41. The number of carbonyl (C=O) groups is 2. The molecule has 0 aliphatic heterocycles. The molecule has 2 aromatic heterocycles. The van der Waals surface area contributed by atoms with E-state index in [4.69, 9.17) is 9.47 Å². The number of hydrogen-bond donors (Lipinski definition) is 2. The molecule has 48 heavy (non-hydrogen) atoms. The second-order valence-electron chi connectivity index (χ2n) is 11.6. The molecule has 7 rings (SSSR count). The van der Waals surface area contributed by atoms with E-state index < -0.39 is 11.6 Å². The van der Waals surface area contributed by atoms with Crippen molar-refractivity contribution in [3.63, 3.8) is 0 Å². The van der Waals surface area contributed by atoms with Crippen molar-refractivity contribution >= 4 is 44.5 Å². The van der Waals surface area contributed by atoms with Gasteiger partial charge in [-0.3, -0.25) is 9.59 Å². The average molecular weight is 631 g/mol. The van der Waals surface area contributed by atoms with Gasteiger partial charge in [-0.15, -0.1) is 13.2 Å². The van der Waals surface area contributed by atoms with Crippen LogP contribution in [0.5, 0.6) is 0 Å². The second kappa shape index (κ2) is 13.3. The molecule has 0 unspecified atom stereocenters. The van der Waals surface area contributed by atoms with Crippen LogP contribution >= 0.6 is 0 Å². The fraction of sp³-hybridized carbons (Fsp3) is 0.0952. The summed E-state index contributed by atoms with van der Waals surface area (Å²) in [5.74, 6) is -0.881. The molecule has 1 aliphatic carbocycles. The number of benzene rings is 4. The van der Waals surface area contributed by atoms with Gasteiger partial charge in [0.2, 0.25) is 11.6 Å². The quantitative estimate of drug-likeness (QED) is 0.105. The number of aromatic nitrogens is 2. The molecule has 0 saturated heterocycles. The summed E-state index contributed by atoms with van der Waals surface area (Å²) in [6.07, 6.45) is 4.44. The first-order chi connectivity index (χ1) is 23.6. The molecule has 6 aromatic rings. The van der Waals surface area contributed by atoms with Gasteiger partial charge < -0.3 is 19.4 Å². The van der Waals surface area contributed by atoms with Gasteiger partial charge in [0.05, 0.1) is 11.1 Å². The lowest BCUT2D eigenvalue weighted by molar-refractivity contribution is -0.118. The molecule has 236 valence electrons. The van der Waals surface area contributed by atoms with Gasteiger partial charge >= 0.3 is 0 Å². The van der Waals surface area contributed by atoms with Crippen molar-refractivity contribution in [3.8, 4) is 0 Å². The number of Topliss-reactive ketones (excluding diaryl/α,β-unsaturated/α-hetero) is 2. The highest BCUT2D eigenvalue weighted by atomic mass is 16.5. The summed E-state index contributed by atoms with van der Waals surface area (Å²) in [5.41, 5.74) is 6.48. The van der Waals surface area contributed by atoms with Crippen LogP contribution in [0.2, 0.25) is 0 Å². The van der Waals surface area contributed by atoms with E-state index in [2.05, 4.69) is 23.1 Å². The van der Waals surface area contributed by atoms with Gasteiger partial charge in [-0.05, 0) is 23.3 Å². The maximum Gasteiger partial charge on any atom is 0.232 e. The van der Waals surface area contributed by atoms with E-state index in [1.807, 2.05) is 109 Å². The summed E-state index contributed by atoms with van der Waals surface area (Å²) in [4.78, 5) is 37.3. The van der Waals surface area contributed by atoms with E-state index in [0.717, 1.165) is 44.3 Å². The van der Waals surface area contributed by atoms with E-state index in [1.165, 1.54) is 0 Å². The first kappa shape index (κ1) is 30.5. The number of para-hydroxylation sites is 2. The number of nitrogens with one attached hydrogen (secondary N) is 2. The highest BCUT2D eigenvalue weighted by molar-refractivity contribution is 6.48. The Labute approximate surface area is 278 Å². The molecule has 0 bridgehead atoms. The lowest BCUT2D eigenvalue weighted by Crippen LogP contribution is -2.26. The van der Waals surface area contributed by atoms with Crippen LogP contribution in [0.15, 0.2) is 146 Å². The van der Waals surface area contributed by atoms with Crippen molar-refractivity contribution in [1.82, 2.24) is 9.97 Å². The largest absolute Gasteiger partial charge is 0.484 e. The molecule has 0 spiro atoms. The van der Waals surface area contributed by atoms with Gasteiger partial charge in [0.15, 0.2) is 11.5 Å². The number of allylic oxidation sites excluding steroid dienone is 4. The van der Waals surface area contributed by atoms with E-state index in [9.17, 15) is 0 Å². The fourth-order valence-corrected chi connectivity index (χ4v) is 6.41. The number of H-pyrrole nitrogens is 2. The SMILES string of the molecule is C=CCc1[nH]c2ccccc2c1C1=C(OCc2ccccc2)C(=O)C(c2c(CC=C)[nH]c3ccccc23)=C(OCc2ccccc2)C1=O. The van der Waals surface area contributed by atoms with Crippen LogP contribution in [0.1, 0.15) is 33.6 Å². The third kappa shape index (κ3) is 5.58. The Morgan fingerprint density at radius 2 is 0.896 bits per heavy atom.